The van der Waals surface area contributed by atoms with E-state index in [0.29, 0.717) is 10.9 Å². The molecule has 0 aliphatic heterocycles. The fraction of sp³-hybridized carbons (Fsp3) is 0.455. The van der Waals surface area contributed by atoms with Gasteiger partial charge < -0.3 is 16.0 Å². The number of carbonyl (C=O) groups excluding carboxylic acids is 1. The minimum Gasteiger partial charge on any atom is -0.365 e. The van der Waals surface area contributed by atoms with E-state index in [-0.39, 0.29) is 17.0 Å². The van der Waals surface area contributed by atoms with E-state index in [0.717, 1.165) is 6.42 Å². The van der Waals surface area contributed by atoms with Gasteiger partial charge in [0.05, 0.1) is 10.0 Å². The predicted molar refractivity (Wildman–Crippen MR) is 70.9 cm³/mol. The van der Waals surface area contributed by atoms with Crippen LogP contribution in [0.4, 0.5) is 5.69 Å². The number of nitrogens with two attached hydrogens (primary N) is 1. The molecule has 17 heavy (non-hydrogen) atoms. The third kappa shape index (κ3) is 3.41. The monoisotopic (exact) mass is 301 g/mol. The van der Waals surface area contributed by atoms with Crippen molar-refractivity contribution in [1.82, 2.24) is 4.98 Å². The predicted octanol–water partition coefficient (Wildman–Crippen LogP) is 1.59. The molecule has 1 aromatic rings. The molecule has 0 radical (unpaired) electrons. The molecule has 1 rings (SSSR count). The number of aromatic amines is 1. The summed E-state index contributed by atoms with van der Waals surface area (Å²) in [5.41, 5.74) is 4.82. The van der Waals surface area contributed by atoms with Gasteiger partial charge in [0.15, 0.2) is 0 Å². The van der Waals surface area contributed by atoms with Crippen LogP contribution in [0.2, 0.25) is 0 Å². The van der Waals surface area contributed by atoms with Crippen LogP contribution in [0.1, 0.15) is 26.7 Å². The molecule has 0 unspecified atom stereocenters. The highest BCUT2D eigenvalue weighted by Crippen LogP contribution is 2.12. The molecule has 1 atom stereocenters. The van der Waals surface area contributed by atoms with Gasteiger partial charge in [0, 0.05) is 12.4 Å². The van der Waals surface area contributed by atoms with Crippen LogP contribution in [0.5, 0.6) is 0 Å². The van der Waals surface area contributed by atoms with Crippen LogP contribution in [-0.2, 0) is 4.79 Å². The van der Waals surface area contributed by atoms with E-state index >= 15 is 0 Å². The fourth-order valence-corrected chi connectivity index (χ4v) is 1.79. The van der Waals surface area contributed by atoms with Crippen molar-refractivity contribution in [2.45, 2.75) is 32.2 Å². The second kappa shape index (κ2) is 5.46. The van der Waals surface area contributed by atoms with Crippen molar-refractivity contribution in [2.75, 3.05) is 5.32 Å². The maximum Gasteiger partial charge on any atom is 0.244 e. The number of halogens is 1. The van der Waals surface area contributed by atoms with Crippen LogP contribution < -0.4 is 16.5 Å². The molecule has 0 aliphatic carbocycles. The lowest BCUT2D eigenvalue weighted by Gasteiger charge is -2.22. The first kappa shape index (κ1) is 13.9. The minimum absolute atomic E-state index is 0.192. The third-order valence-corrected chi connectivity index (χ3v) is 3.02. The molecule has 0 spiro atoms. The summed E-state index contributed by atoms with van der Waals surface area (Å²) in [6.07, 6.45) is 4.30. The summed E-state index contributed by atoms with van der Waals surface area (Å²) in [6.45, 7) is 3.60. The summed E-state index contributed by atoms with van der Waals surface area (Å²) < 4.78 is 0.365. The Balaban J connectivity index is 2.89. The Hall–Kier alpha value is -1.14. The number of rotatable bonds is 4. The summed E-state index contributed by atoms with van der Waals surface area (Å²) in [5.74, 6) is -0.358. The molecule has 1 amide bonds. The number of hydrogen-bond donors (Lipinski definition) is 3. The Bertz CT molecular complexity index is 468. The first-order valence-electron chi connectivity index (χ1n) is 5.35. The standard InChI is InChI=1S/C11H16BrN3O2/c1-3-4-11(2,13)10(17)15-8-6-14-5-7(12)9(8)16/h5-6H,3-4,13H2,1-2H3,(H,14,16)(H,15,17)/t11-/m0/s1. The number of H-pyrrole nitrogens is 1. The van der Waals surface area contributed by atoms with Crippen molar-refractivity contribution in [3.05, 3.63) is 27.1 Å². The van der Waals surface area contributed by atoms with Gasteiger partial charge in [-0.2, -0.15) is 0 Å². The molecule has 0 aliphatic rings. The van der Waals surface area contributed by atoms with Crippen LogP contribution in [0.3, 0.4) is 0 Å². The number of hydrogen-bond acceptors (Lipinski definition) is 3. The molecule has 0 aromatic carbocycles. The van der Waals surface area contributed by atoms with Crippen LogP contribution in [-0.4, -0.2) is 16.4 Å². The normalized spacial score (nSPS) is 14.1. The zero-order chi connectivity index (χ0) is 13.1. The molecular formula is C11H16BrN3O2. The number of pyridine rings is 1. The molecule has 0 fully saturated rings. The lowest BCUT2D eigenvalue weighted by atomic mass is 9.96. The summed E-state index contributed by atoms with van der Waals surface area (Å²) in [6, 6.07) is 0. The van der Waals surface area contributed by atoms with Crippen molar-refractivity contribution in [3.8, 4) is 0 Å². The number of nitrogens with one attached hydrogen (secondary N) is 2. The first-order chi connectivity index (χ1) is 7.88. The summed E-state index contributed by atoms with van der Waals surface area (Å²) in [7, 11) is 0. The van der Waals surface area contributed by atoms with Gasteiger partial charge in [-0.25, -0.2) is 0 Å². The molecule has 94 valence electrons. The largest absolute Gasteiger partial charge is 0.365 e. The van der Waals surface area contributed by atoms with E-state index < -0.39 is 5.54 Å². The summed E-state index contributed by atoms with van der Waals surface area (Å²) >= 11 is 3.09. The van der Waals surface area contributed by atoms with Crippen molar-refractivity contribution < 1.29 is 4.79 Å². The van der Waals surface area contributed by atoms with Gasteiger partial charge in [-0.1, -0.05) is 13.3 Å². The van der Waals surface area contributed by atoms with Gasteiger partial charge in [-0.05, 0) is 29.3 Å². The fourth-order valence-electron chi connectivity index (χ4n) is 1.45. The Morgan fingerprint density at radius 2 is 2.24 bits per heavy atom. The number of carbonyl (C=O) groups is 1. The molecule has 0 bridgehead atoms. The quantitative estimate of drug-likeness (QED) is 0.789. The molecular weight excluding hydrogens is 286 g/mol. The van der Waals surface area contributed by atoms with Gasteiger partial charge in [0.2, 0.25) is 11.3 Å². The van der Waals surface area contributed by atoms with Crippen LogP contribution in [0.15, 0.2) is 21.7 Å². The lowest BCUT2D eigenvalue weighted by Crippen LogP contribution is -2.48. The molecule has 6 heteroatoms. The summed E-state index contributed by atoms with van der Waals surface area (Å²) in [5, 5.41) is 2.54. The maximum atomic E-state index is 11.9. The third-order valence-electron chi connectivity index (χ3n) is 2.44. The molecule has 1 aromatic heterocycles. The smallest absolute Gasteiger partial charge is 0.244 e. The Kier molecular flexibility index (Phi) is 4.47. The number of aromatic nitrogens is 1. The Morgan fingerprint density at radius 1 is 1.59 bits per heavy atom. The van der Waals surface area contributed by atoms with Crippen molar-refractivity contribution in [3.63, 3.8) is 0 Å². The van der Waals surface area contributed by atoms with Crippen LogP contribution >= 0.6 is 15.9 Å². The molecule has 0 saturated carbocycles. The summed E-state index contributed by atoms with van der Waals surface area (Å²) in [4.78, 5) is 26.3. The van der Waals surface area contributed by atoms with Gasteiger partial charge in [-0.3, -0.25) is 9.59 Å². The van der Waals surface area contributed by atoms with E-state index in [1.807, 2.05) is 6.92 Å². The van der Waals surface area contributed by atoms with E-state index in [2.05, 4.69) is 26.2 Å². The van der Waals surface area contributed by atoms with Crippen molar-refractivity contribution in [2.24, 2.45) is 5.73 Å². The van der Waals surface area contributed by atoms with Crippen molar-refractivity contribution >= 4 is 27.5 Å². The highest BCUT2D eigenvalue weighted by Gasteiger charge is 2.27. The van der Waals surface area contributed by atoms with Gasteiger partial charge in [-0.15, -0.1) is 0 Å². The van der Waals surface area contributed by atoms with E-state index in [1.54, 1.807) is 6.92 Å². The average Bonchev–Trinajstić information content (AvgIpc) is 2.24. The molecule has 1 heterocycles. The van der Waals surface area contributed by atoms with E-state index in [1.165, 1.54) is 12.4 Å². The lowest BCUT2D eigenvalue weighted by molar-refractivity contribution is -0.120. The van der Waals surface area contributed by atoms with E-state index in [4.69, 9.17) is 5.73 Å². The average molecular weight is 302 g/mol. The van der Waals surface area contributed by atoms with Crippen LogP contribution in [0, 0.1) is 0 Å². The highest BCUT2D eigenvalue weighted by atomic mass is 79.9. The van der Waals surface area contributed by atoms with Gasteiger partial charge in [0.25, 0.3) is 0 Å². The van der Waals surface area contributed by atoms with Crippen LogP contribution in [0.25, 0.3) is 0 Å². The number of amides is 1. The van der Waals surface area contributed by atoms with E-state index in [9.17, 15) is 9.59 Å². The minimum atomic E-state index is -0.969. The topological polar surface area (TPSA) is 88.0 Å². The van der Waals surface area contributed by atoms with Gasteiger partial charge in [0.1, 0.15) is 5.69 Å². The maximum absolute atomic E-state index is 11.9. The Labute approximate surface area is 108 Å². The second-order valence-electron chi connectivity index (χ2n) is 4.17. The molecule has 5 nitrogen and oxygen atoms in total. The second-order valence-corrected chi connectivity index (χ2v) is 5.02. The van der Waals surface area contributed by atoms with Gasteiger partial charge >= 0.3 is 0 Å². The zero-order valence-electron chi connectivity index (χ0n) is 9.84. The number of anilines is 1. The van der Waals surface area contributed by atoms with Crippen molar-refractivity contribution in [1.29, 1.82) is 0 Å². The zero-order valence-corrected chi connectivity index (χ0v) is 11.4. The molecule has 4 N–H and O–H groups in total. The first-order valence-corrected chi connectivity index (χ1v) is 6.14. The SMILES string of the molecule is CCC[C@](C)(N)C(=O)Nc1c[nH]cc(Br)c1=O. The highest BCUT2D eigenvalue weighted by molar-refractivity contribution is 9.10. The molecule has 0 saturated heterocycles. The Morgan fingerprint density at radius 3 is 2.82 bits per heavy atom.